The number of aromatic nitrogens is 1. The van der Waals surface area contributed by atoms with Gasteiger partial charge in [0, 0.05) is 10.8 Å². The van der Waals surface area contributed by atoms with Gasteiger partial charge < -0.3 is 25.6 Å². The van der Waals surface area contributed by atoms with Gasteiger partial charge in [-0.15, -0.1) is 11.3 Å². The molecule has 0 radical (unpaired) electrons. The van der Waals surface area contributed by atoms with Gasteiger partial charge in [0.05, 0.1) is 39.4 Å². The molecule has 3 N–H and O–H groups in total. The monoisotopic (exact) mass is 391 g/mol. The molecule has 0 aromatic carbocycles. The van der Waals surface area contributed by atoms with E-state index < -0.39 is 35.8 Å². The van der Waals surface area contributed by atoms with Crippen LogP contribution >= 0.6 is 23.1 Å². The number of carbonyl (C=O) groups excluding carboxylic acids is 3. The van der Waals surface area contributed by atoms with Crippen LogP contribution in [0, 0.1) is 11.8 Å². The minimum atomic E-state index is -1.46. The van der Waals surface area contributed by atoms with Crippen LogP contribution in [0.2, 0.25) is 0 Å². The molecule has 1 saturated heterocycles. The van der Waals surface area contributed by atoms with E-state index >= 15 is 0 Å². The van der Waals surface area contributed by atoms with Crippen LogP contribution in [0.25, 0.3) is 0 Å². The number of aliphatic carboxylic acids is 1. The van der Waals surface area contributed by atoms with E-state index in [2.05, 4.69) is 4.98 Å². The van der Waals surface area contributed by atoms with Crippen molar-refractivity contribution in [3.05, 3.63) is 21.8 Å². The summed E-state index contributed by atoms with van der Waals surface area (Å²) in [7, 11) is 0. The van der Waals surface area contributed by atoms with Gasteiger partial charge in [0.25, 0.3) is 5.91 Å². The number of hydrogen-bond donors (Lipinski definition) is 2. The van der Waals surface area contributed by atoms with E-state index in [1.165, 1.54) is 17.3 Å². The molecule has 1 aromatic heterocycles. The summed E-state index contributed by atoms with van der Waals surface area (Å²) in [6.07, 6.45) is -0.877. The van der Waals surface area contributed by atoms with E-state index in [4.69, 9.17) is 5.73 Å². The SMILES string of the molecule is C[C@@H](O)[C@H]1C(=O)N2C(C(=O)[O-])=C(Sc3scnc3C(N)=O)[C@H](C)[C@H]12.[Na+]. The normalized spacial score (nSPS) is 26.0. The third-order valence-electron chi connectivity index (χ3n) is 4.27. The van der Waals surface area contributed by atoms with E-state index in [-0.39, 0.29) is 46.9 Å². The first-order chi connectivity index (χ1) is 11.3. The first-order valence-corrected chi connectivity index (χ1v) is 8.83. The van der Waals surface area contributed by atoms with Crippen molar-refractivity contribution in [2.24, 2.45) is 17.6 Å². The summed E-state index contributed by atoms with van der Waals surface area (Å²) in [6, 6.07) is -0.433. The number of hydrogen-bond acceptors (Lipinski definition) is 8. The van der Waals surface area contributed by atoms with Crippen molar-refractivity contribution in [2.75, 3.05) is 0 Å². The maximum Gasteiger partial charge on any atom is 1.00 e. The molecule has 1 aromatic rings. The van der Waals surface area contributed by atoms with Crippen molar-refractivity contribution in [3.63, 3.8) is 0 Å². The van der Waals surface area contributed by atoms with Crippen LogP contribution in [-0.2, 0) is 9.59 Å². The van der Waals surface area contributed by atoms with E-state index in [0.29, 0.717) is 9.11 Å². The number of aliphatic hydroxyl groups is 1. The summed E-state index contributed by atoms with van der Waals surface area (Å²) >= 11 is 2.22. The van der Waals surface area contributed by atoms with Crippen molar-refractivity contribution < 1.29 is 54.2 Å². The van der Waals surface area contributed by atoms with Crippen molar-refractivity contribution in [1.82, 2.24) is 9.88 Å². The Morgan fingerprint density at radius 1 is 1.52 bits per heavy atom. The largest absolute Gasteiger partial charge is 1.00 e. The molecule has 0 unspecified atom stereocenters. The average molecular weight is 391 g/mol. The predicted octanol–water partition coefficient (Wildman–Crippen LogP) is -3.84. The summed E-state index contributed by atoms with van der Waals surface area (Å²) in [5, 5.41) is 21.4. The Bertz CT molecular complexity index is 778. The molecule has 11 heteroatoms. The summed E-state index contributed by atoms with van der Waals surface area (Å²) in [5.41, 5.74) is 6.57. The van der Waals surface area contributed by atoms with Crippen molar-refractivity contribution in [2.45, 2.75) is 30.2 Å². The molecule has 0 bridgehead atoms. The zero-order valence-corrected chi connectivity index (χ0v) is 17.4. The van der Waals surface area contributed by atoms with Gasteiger partial charge in [0.2, 0.25) is 5.91 Å². The molecule has 0 saturated carbocycles. The Kier molecular flexibility index (Phi) is 6.02. The zero-order valence-electron chi connectivity index (χ0n) is 13.8. The molecular formula is C14H14N3NaO5S2. The van der Waals surface area contributed by atoms with Gasteiger partial charge in [0.1, 0.15) is 0 Å². The molecule has 0 aliphatic carbocycles. The number of rotatable bonds is 5. The fourth-order valence-electron chi connectivity index (χ4n) is 3.22. The number of β-lactam (4-membered cyclic amide) rings is 1. The number of amides is 2. The van der Waals surface area contributed by atoms with Crippen molar-refractivity contribution in [1.29, 1.82) is 0 Å². The van der Waals surface area contributed by atoms with Gasteiger partial charge in [-0.05, 0) is 6.92 Å². The van der Waals surface area contributed by atoms with E-state index in [0.717, 1.165) is 23.1 Å². The standard InChI is InChI=1S/C14H15N3O5S2.Na/c1-4-8-6(5(2)18)12(20)17(8)9(13(21)22)10(4)24-14-7(11(15)19)16-3-23-14;/h3-6,8,18H,1-2H3,(H2,15,19)(H,21,22);/q;+1/p-1/t4-,5-,6-,8-;/m1./s1. The molecule has 4 atom stereocenters. The van der Waals surface area contributed by atoms with Crippen molar-refractivity contribution >= 4 is 40.9 Å². The number of nitrogens with zero attached hydrogens (tertiary/aromatic N) is 2. The second-order valence-corrected chi connectivity index (χ2v) is 7.87. The molecule has 0 spiro atoms. The van der Waals surface area contributed by atoms with Crippen LogP contribution in [-0.4, -0.2) is 44.9 Å². The summed E-state index contributed by atoms with van der Waals surface area (Å²) in [4.78, 5) is 40.6. The van der Waals surface area contributed by atoms with Crippen LogP contribution in [0.1, 0.15) is 24.3 Å². The third-order valence-corrected chi connectivity index (χ3v) is 6.59. The second kappa shape index (κ2) is 7.37. The molecule has 2 aliphatic heterocycles. The van der Waals surface area contributed by atoms with Gasteiger partial charge in [-0.2, -0.15) is 0 Å². The maximum absolute atomic E-state index is 12.2. The average Bonchev–Trinajstić information content (AvgIpc) is 3.02. The number of thioether (sulfide) groups is 1. The second-order valence-electron chi connectivity index (χ2n) is 5.71. The minimum absolute atomic E-state index is 0. The smallest absolute Gasteiger partial charge is 0.543 e. The van der Waals surface area contributed by atoms with Crippen LogP contribution < -0.4 is 40.4 Å². The third kappa shape index (κ3) is 3.15. The Morgan fingerprint density at radius 2 is 2.16 bits per heavy atom. The summed E-state index contributed by atoms with van der Waals surface area (Å²) < 4.78 is 0.464. The van der Waals surface area contributed by atoms with Crippen LogP contribution in [0.3, 0.4) is 0 Å². The van der Waals surface area contributed by atoms with Crippen LogP contribution in [0.5, 0.6) is 0 Å². The number of carboxylic acids is 1. The van der Waals surface area contributed by atoms with E-state index in [1.54, 1.807) is 6.92 Å². The number of fused-ring (bicyclic) bond motifs is 1. The number of aliphatic hydroxyl groups excluding tert-OH is 1. The first kappa shape index (κ1) is 20.4. The van der Waals surface area contributed by atoms with Crippen LogP contribution in [0.4, 0.5) is 0 Å². The van der Waals surface area contributed by atoms with Crippen LogP contribution in [0.15, 0.2) is 20.3 Å². The van der Waals surface area contributed by atoms with Gasteiger partial charge >= 0.3 is 29.6 Å². The fraction of sp³-hybridized carbons (Fsp3) is 0.429. The number of nitrogens with two attached hydrogens (primary N) is 1. The molecular weight excluding hydrogens is 377 g/mol. The molecule has 1 fully saturated rings. The van der Waals surface area contributed by atoms with Gasteiger partial charge in [-0.25, -0.2) is 4.98 Å². The number of primary amides is 1. The Balaban J connectivity index is 0.00000225. The number of carbonyl (C=O) groups is 3. The van der Waals surface area contributed by atoms with Gasteiger partial charge in [-0.3, -0.25) is 9.59 Å². The summed E-state index contributed by atoms with van der Waals surface area (Å²) in [6.45, 7) is 3.29. The molecule has 8 nitrogen and oxygen atoms in total. The zero-order chi connectivity index (χ0) is 17.8. The molecule has 3 heterocycles. The quantitative estimate of drug-likeness (QED) is 0.387. The Labute approximate surface area is 173 Å². The van der Waals surface area contributed by atoms with E-state index in [9.17, 15) is 24.6 Å². The topological polar surface area (TPSA) is 137 Å². The molecule has 2 aliphatic rings. The predicted molar refractivity (Wildman–Crippen MR) is 83.5 cm³/mol. The molecule has 25 heavy (non-hydrogen) atoms. The fourth-order valence-corrected chi connectivity index (χ4v) is 5.38. The van der Waals surface area contributed by atoms with Gasteiger partial charge in [-0.1, -0.05) is 18.7 Å². The molecule has 3 rings (SSSR count). The Morgan fingerprint density at radius 3 is 2.68 bits per heavy atom. The Hall–Kier alpha value is -0.910. The molecule has 2 amide bonds. The maximum atomic E-state index is 12.2. The van der Waals surface area contributed by atoms with Crippen molar-refractivity contribution in [3.8, 4) is 0 Å². The number of thiazole rings is 1. The molecule has 128 valence electrons. The van der Waals surface area contributed by atoms with Gasteiger partial charge in [0.15, 0.2) is 5.69 Å². The number of carboxylic acid groups (broad SMARTS) is 1. The summed E-state index contributed by atoms with van der Waals surface area (Å²) in [5.74, 6) is -3.57. The van der Waals surface area contributed by atoms with E-state index in [1.807, 2.05) is 0 Å². The minimum Gasteiger partial charge on any atom is -0.543 e. The first-order valence-electron chi connectivity index (χ1n) is 7.13.